The van der Waals surface area contributed by atoms with Gasteiger partial charge in [0.15, 0.2) is 0 Å². The zero-order valence-electron chi connectivity index (χ0n) is 17.6. The first kappa shape index (κ1) is 22.3. The van der Waals surface area contributed by atoms with Crippen molar-refractivity contribution < 1.29 is 19.1 Å². The van der Waals surface area contributed by atoms with Gasteiger partial charge >= 0.3 is 0 Å². The standard InChI is InChI=1S/C23H30N2O4/c1-5-6-17-7-9-18(10-8-17)16(2)25(15-22(24)26)23(27)13-19-11-12-20(28-3)14-21(19)29-4/h7-12,14,16H,5-6,13,15H2,1-4H3,(H2,24,26). The van der Waals surface area contributed by atoms with E-state index in [1.54, 1.807) is 32.4 Å². The van der Waals surface area contributed by atoms with Crippen molar-refractivity contribution in [2.45, 2.75) is 39.2 Å². The Hall–Kier alpha value is -3.02. The van der Waals surface area contributed by atoms with E-state index in [1.165, 1.54) is 10.5 Å². The number of amides is 2. The van der Waals surface area contributed by atoms with Gasteiger partial charge in [0.2, 0.25) is 11.8 Å². The third-order valence-electron chi connectivity index (χ3n) is 4.95. The monoisotopic (exact) mass is 398 g/mol. The molecule has 0 aliphatic heterocycles. The highest BCUT2D eigenvalue weighted by Crippen LogP contribution is 2.27. The first-order valence-corrected chi connectivity index (χ1v) is 9.77. The van der Waals surface area contributed by atoms with E-state index in [9.17, 15) is 9.59 Å². The molecular weight excluding hydrogens is 368 g/mol. The maximum atomic E-state index is 13.1. The third kappa shape index (κ3) is 5.98. The van der Waals surface area contributed by atoms with E-state index in [0.29, 0.717) is 11.5 Å². The molecule has 0 fully saturated rings. The molecule has 2 aromatic carbocycles. The second-order valence-corrected chi connectivity index (χ2v) is 7.01. The van der Waals surface area contributed by atoms with E-state index in [0.717, 1.165) is 24.0 Å². The highest BCUT2D eigenvalue weighted by Gasteiger charge is 2.24. The molecule has 156 valence electrons. The molecule has 0 spiro atoms. The van der Waals surface area contributed by atoms with Crippen LogP contribution in [0.15, 0.2) is 42.5 Å². The van der Waals surface area contributed by atoms with Gasteiger partial charge in [0, 0.05) is 11.6 Å². The zero-order valence-corrected chi connectivity index (χ0v) is 17.6. The number of hydrogen-bond acceptors (Lipinski definition) is 4. The smallest absolute Gasteiger partial charge is 0.237 e. The number of ether oxygens (including phenoxy) is 2. The summed E-state index contributed by atoms with van der Waals surface area (Å²) in [5, 5.41) is 0. The fourth-order valence-electron chi connectivity index (χ4n) is 3.30. The van der Waals surface area contributed by atoms with Crippen LogP contribution < -0.4 is 15.2 Å². The summed E-state index contributed by atoms with van der Waals surface area (Å²) in [7, 11) is 3.12. The molecule has 0 saturated heterocycles. The molecule has 6 heteroatoms. The molecule has 0 saturated carbocycles. The molecule has 2 amide bonds. The quantitative estimate of drug-likeness (QED) is 0.666. The van der Waals surface area contributed by atoms with E-state index in [1.807, 2.05) is 19.1 Å². The number of carbonyl (C=O) groups excluding carboxylic acids is 2. The summed E-state index contributed by atoms with van der Waals surface area (Å²) in [4.78, 5) is 26.2. The van der Waals surface area contributed by atoms with Crippen LogP contribution >= 0.6 is 0 Å². The van der Waals surface area contributed by atoms with Crippen LogP contribution in [0.3, 0.4) is 0 Å². The first-order valence-electron chi connectivity index (χ1n) is 9.77. The van der Waals surface area contributed by atoms with Gasteiger partial charge in [-0.3, -0.25) is 9.59 Å². The summed E-state index contributed by atoms with van der Waals surface area (Å²) >= 11 is 0. The molecule has 2 rings (SSSR count). The van der Waals surface area contributed by atoms with Crippen LogP contribution in [0.25, 0.3) is 0 Å². The summed E-state index contributed by atoms with van der Waals surface area (Å²) in [6.45, 7) is 3.90. The van der Waals surface area contributed by atoms with Gasteiger partial charge in [-0.15, -0.1) is 0 Å². The average molecular weight is 399 g/mol. The predicted molar refractivity (Wildman–Crippen MR) is 113 cm³/mol. The summed E-state index contributed by atoms with van der Waals surface area (Å²) in [6.07, 6.45) is 2.18. The predicted octanol–water partition coefficient (Wildman–Crippen LogP) is 3.27. The molecular formula is C23H30N2O4. The lowest BCUT2D eigenvalue weighted by Gasteiger charge is -2.29. The summed E-state index contributed by atoms with van der Waals surface area (Å²) < 4.78 is 10.6. The van der Waals surface area contributed by atoms with Crippen LogP contribution in [0, 0.1) is 0 Å². The minimum atomic E-state index is -0.547. The van der Waals surface area contributed by atoms with Crippen molar-refractivity contribution in [2.24, 2.45) is 5.73 Å². The summed E-state index contributed by atoms with van der Waals surface area (Å²) in [5.41, 5.74) is 8.35. The molecule has 2 N–H and O–H groups in total. The van der Waals surface area contributed by atoms with Crippen molar-refractivity contribution in [1.29, 1.82) is 0 Å². The number of hydrogen-bond donors (Lipinski definition) is 1. The Kier molecular flexibility index (Phi) is 8.07. The number of rotatable bonds is 10. The van der Waals surface area contributed by atoms with E-state index in [4.69, 9.17) is 15.2 Å². The van der Waals surface area contributed by atoms with E-state index in [2.05, 4.69) is 19.1 Å². The van der Waals surface area contributed by atoms with Gasteiger partial charge in [0.25, 0.3) is 0 Å². The molecule has 0 aliphatic carbocycles. The molecule has 1 unspecified atom stereocenters. The van der Waals surface area contributed by atoms with Crippen molar-refractivity contribution in [1.82, 2.24) is 4.90 Å². The van der Waals surface area contributed by atoms with Gasteiger partial charge in [0.1, 0.15) is 11.5 Å². The first-order chi connectivity index (χ1) is 13.9. The molecule has 0 bridgehead atoms. The largest absolute Gasteiger partial charge is 0.497 e. The molecule has 0 radical (unpaired) electrons. The fourth-order valence-corrected chi connectivity index (χ4v) is 3.30. The zero-order chi connectivity index (χ0) is 21.4. The lowest BCUT2D eigenvalue weighted by atomic mass is 10.0. The summed E-state index contributed by atoms with van der Waals surface area (Å²) in [5.74, 6) is 0.466. The topological polar surface area (TPSA) is 81.9 Å². The lowest BCUT2D eigenvalue weighted by molar-refractivity contribution is -0.136. The van der Waals surface area contributed by atoms with E-state index < -0.39 is 5.91 Å². The fraction of sp³-hybridized carbons (Fsp3) is 0.391. The minimum absolute atomic E-state index is 0.0959. The molecule has 29 heavy (non-hydrogen) atoms. The molecule has 0 aliphatic rings. The van der Waals surface area contributed by atoms with Crippen molar-refractivity contribution in [2.75, 3.05) is 20.8 Å². The molecule has 1 atom stereocenters. The van der Waals surface area contributed by atoms with Crippen LogP contribution in [0.4, 0.5) is 0 Å². The van der Waals surface area contributed by atoms with Gasteiger partial charge in [-0.2, -0.15) is 0 Å². The SMILES string of the molecule is CCCc1ccc(C(C)N(CC(N)=O)C(=O)Cc2ccc(OC)cc2OC)cc1. The number of benzene rings is 2. The Morgan fingerprint density at radius 3 is 2.31 bits per heavy atom. The van der Waals surface area contributed by atoms with Crippen LogP contribution in [0.1, 0.15) is 43.0 Å². The Balaban J connectivity index is 2.24. The highest BCUT2D eigenvalue weighted by atomic mass is 16.5. The number of methoxy groups -OCH3 is 2. The van der Waals surface area contributed by atoms with Gasteiger partial charge in [-0.1, -0.05) is 43.7 Å². The van der Waals surface area contributed by atoms with Crippen LogP contribution in [0.2, 0.25) is 0 Å². The molecule has 2 aromatic rings. The maximum Gasteiger partial charge on any atom is 0.237 e. The second kappa shape index (κ2) is 10.5. The number of nitrogens with zero attached hydrogens (tertiary/aromatic N) is 1. The van der Waals surface area contributed by atoms with Crippen molar-refractivity contribution in [3.63, 3.8) is 0 Å². The summed E-state index contributed by atoms with van der Waals surface area (Å²) in [6, 6.07) is 13.2. The number of aryl methyl sites for hydroxylation is 1. The van der Waals surface area contributed by atoms with Gasteiger partial charge < -0.3 is 20.1 Å². The van der Waals surface area contributed by atoms with Crippen molar-refractivity contribution >= 4 is 11.8 Å². The Morgan fingerprint density at radius 2 is 1.76 bits per heavy atom. The van der Waals surface area contributed by atoms with Crippen molar-refractivity contribution in [3.05, 3.63) is 59.2 Å². The number of primary amides is 1. The van der Waals surface area contributed by atoms with Crippen LogP contribution in [0.5, 0.6) is 11.5 Å². The number of nitrogens with two attached hydrogens (primary N) is 1. The Morgan fingerprint density at radius 1 is 1.07 bits per heavy atom. The minimum Gasteiger partial charge on any atom is -0.497 e. The average Bonchev–Trinajstić information content (AvgIpc) is 2.72. The molecule has 6 nitrogen and oxygen atoms in total. The second-order valence-electron chi connectivity index (χ2n) is 7.01. The lowest BCUT2D eigenvalue weighted by Crippen LogP contribution is -2.41. The Bertz CT molecular complexity index is 833. The Labute approximate surface area is 172 Å². The van der Waals surface area contributed by atoms with Gasteiger partial charge in [-0.05, 0) is 30.5 Å². The maximum absolute atomic E-state index is 13.1. The molecule has 0 aromatic heterocycles. The third-order valence-corrected chi connectivity index (χ3v) is 4.95. The normalized spacial score (nSPS) is 11.6. The van der Waals surface area contributed by atoms with E-state index in [-0.39, 0.29) is 24.9 Å². The molecule has 0 heterocycles. The number of carbonyl (C=O) groups is 2. The van der Waals surface area contributed by atoms with E-state index >= 15 is 0 Å². The van der Waals surface area contributed by atoms with Crippen LogP contribution in [-0.4, -0.2) is 37.5 Å². The van der Waals surface area contributed by atoms with Crippen LogP contribution in [-0.2, 0) is 22.4 Å². The van der Waals surface area contributed by atoms with Crippen molar-refractivity contribution in [3.8, 4) is 11.5 Å². The van der Waals surface area contributed by atoms with Gasteiger partial charge in [-0.25, -0.2) is 0 Å². The van der Waals surface area contributed by atoms with Gasteiger partial charge in [0.05, 0.1) is 33.2 Å². The highest BCUT2D eigenvalue weighted by molar-refractivity contribution is 5.85.